The number of carbonyl (C=O) groups is 1. The molecule has 0 unspecified atom stereocenters. The molecule has 0 aromatic heterocycles. The number of benzene rings is 2. The van der Waals surface area contributed by atoms with Crippen molar-refractivity contribution in [2.45, 2.75) is 19.0 Å². The van der Waals surface area contributed by atoms with Crippen LogP contribution in [0.5, 0.6) is 0 Å². The molecule has 0 aliphatic carbocycles. The third kappa shape index (κ3) is 4.34. The number of oxime groups is 1. The first-order valence-electron chi connectivity index (χ1n) is 7.02. The maximum absolute atomic E-state index is 12.6. The number of nitrogens with zero attached hydrogens (tertiary/aromatic N) is 1. The van der Waals surface area contributed by atoms with Crippen LogP contribution in [-0.2, 0) is 11.0 Å². The molecule has 0 atom stereocenters. The van der Waals surface area contributed by atoms with Crippen LogP contribution in [0.1, 0.15) is 24.0 Å². The second-order valence-corrected chi connectivity index (χ2v) is 5.09. The van der Waals surface area contributed by atoms with E-state index >= 15 is 0 Å². The first kappa shape index (κ1) is 17.5. The van der Waals surface area contributed by atoms with Gasteiger partial charge < -0.3 is 10.3 Å². The van der Waals surface area contributed by atoms with Crippen LogP contribution in [0.2, 0.25) is 0 Å². The Kier molecular flexibility index (Phi) is 5.23. The van der Waals surface area contributed by atoms with Crippen molar-refractivity contribution in [2.24, 2.45) is 5.16 Å². The highest BCUT2D eigenvalue weighted by atomic mass is 19.4. The summed E-state index contributed by atoms with van der Waals surface area (Å²) in [6.45, 7) is 0. The van der Waals surface area contributed by atoms with Crippen molar-refractivity contribution in [3.8, 4) is 11.1 Å². The Labute approximate surface area is 135 Å². The van der Waals surface area contributed by atoms with E-state index in [1.807, 2.05) is 0 Å². The fraction of sp³-hybridized carbons (Fsp3) is 0.176. The second kappa shape index (κ2) is 7.16. The molecule has 0 amide bonds. The van der Waals surface area contributed by atoms with Gasteiger partial charge in [0.2, 0.25) is 0 Å². The fourth-order valence-corrected chi connectivity index (χ4v) is 2.18. The summed E-state index contributed by atoms with van der Waals surface area (Å²) in [5.41, 5.74) is 1.38. The highest BCUT2D eigenvalue weighted by Gasteiger charge is 2.29. The van der Waals surface area contributed by atoms with E-state index < -0.39 is 17.7 Å². The fourth-order valence-electron chi connectivity index (χ4n) is 2.18. The maximum atomic E-state index is 12.6. The number of carboxylic acid groups (broad SMARTS) is 1. The average molecular weight is 337 g/mol. The quantitative estimate of drug-likeness (QED) is 0.482. The van der Waals surface area contributed by atoms with Gasteiger partial charge in [-0.1, -0.05) is 41.6 Å². The molecule has 0 aliphatic heterocycles. The lowest BCUT2D eigenvalue weighted by molar-refractivity contribution is -0.138. The molecule has 0 aliphatic rings. The predicted molar refractivity (Wildman–Crippen MR) is 82.1 cm³/mol. The summed E-state index contributed by atoms with van der Waals surface area (Å²) >= 11 is 0. The number of alkyl halides is 3. The standard InChI is InChI=1S/C17H14F3NO3/c18-17(19,20)14-7-5-12(6-8-14)11-1-3-13(4-2-11)15(21-24)9-10-16(22)23/h1-8,24H,9-10H2,(H,22,23). The van der Waals surface area contributed by atoms with Gasteiger partial charge in [0.25, 0.3) is 0 Å². The number of halogens is 3. The Morgan fingerprint density at radius 2 is 1.42 bits per heavy atom. The SMILES string of the molecule is O=C(O)CCC(=NO)c1ccc(-c2ccc(C(F)(F)F)cc2)cc1. The molecule has 0 saturated heterocycles. The first-order valence-corrected chi connectivity index (χ1v) is 7.02. The maximum Gasteiger partial charge on any atom is 0.416 e. The number of rotatable bonds is 5. The molecule has 24 heavy (non-hydrogen) atoms. The minimum Gasteiger partial charge on any atom is -0.481 e. The van der Waals surface area contributed by atoms with Gasteiger partial charge in [0.05, 0.1) is 17.7 Å². The number of aliphatic carboxylic acids is 1. The van der Waals surface area contributed by atoms with Gasteiger partial charge >= 0.3 is 12.1 Å². The van der Waals surface area contributed by atoms with Crippen LogP contribution in [0, 0.1) is 0 Å². The van der Waals surface area contributed by atoms with Gasteiger partial charge in [-0.05, 0) is 28.8 Å². The Bertz CT molecular complexity index is 735. The smallest absolute Gasteiger partial charge is 0.416 e. The molecule has 0 saturated carbocycles. The third-order valence-corrected chi connectivity index (χ3v) is 3.46. The number of hydrogen-bond donors (Lipinski definition) is 2. The summed E-state index contributed by atoms with van der Waals surface area (Å²) < 4.78 is 37.7. The first-order chi connectivity index (χ1) is 11.3. The Morgan fingerprint density at radius 3 is 1.83 bits per heavy atom. The molecule has 2 aromatic rings. The molecule has 2 N–H and O–H groups in total. The summed E-state index contributed by atoms with van der Waals surface area (Å²) in [4.78, 5) is 10.6. The molecule has 4 nitrogen and oxygen atoms in total. The van der Waals surface area contributed by atoms with E-state index in [0.29, 0.717) is 16.7 Å². The topological polar surface area (TPSA) is 69.9 Å². The lowest BCUT2D eigenvalue weighted by atomic mass is 9.99. The minimum atomic E-state index is -4.38. The van der Waals surface area contributed by atoms with Crippen LogP contribution in [0.25, 0.3) is 11.1 Å². The molecular weight excluding hydrogens is 323 g/mol. The van der Waals surface area contributed by atoms with Crippen LogP contribution >= 0.6 is 0 Å². The van der Waals surface area contributed by atoms with Gasteiger partial charge in [-0.25, -0.2) is 0 Å². The van der Waals surface area contributed by atoms with Gasteiger partial charge in [0.1, 0.15) is 0 Å². The zero-order valence-electron chi connectivity index (χ0n) is 12.4. The van der Waals surface area contributed by atoms with E-state index in [-0.39, 0.29) is 18.6 Å². The molecule has 0 spiro atoms. The number of hydrogen-bond acceptors (Lipinski definition) is 3. The Balaban J connectivity index is 2.18. The summed E-state index contributed by atoms with van der Waals surface area (Å²) in [5.74, 6) is -1.00. The van der Waals surface area contributed by atoms with E-state index in [9.17, 15) is 18.0 Å². The summed E-state index contributed by atoms with van der Waals surface area (Å²) in [7, 11) is 0. The van der Waals surface area contributed by atoms with Gasteiger partial charge in [-0.15, -0.1) is 0 Å². The summed E-state index contributed by atoms with van der Waals surface area (Å²) in [6.07, 6.45) is -4.47. The third-order valence-electron chi connectivity index (χ3n) is 3.46. The van der Waals surface area contributed by atoms with Gasteiger partial charge in [0.15, 0.2) is 0 Å². The summed E-state index contributed by atoms with van der Waals surface area (Å²) in [5, 5.41) is 20.7. The van der Waals surface area contributed by atoms with Crippen molar-refractivity contribution in [1.29, 1.82) is 0 Å². The Hall–Kier alpha value is -2.83. The summed E-state index contributed by atoms with van der Waals surface area (Å²) in [6, 6.07) is 11.4. The van der Waals surface area contributed by atoms with E-state index in [2.05, 4.69) is 5.16 Å². The van der Waals surface area contributed by atoms with Crippen molar-refractivity contribution in [3.63, 3.8) is 0 Å². The molecular formula is C17H14F3NO3. The van der Waals surface area contributed by atoms with Crippen LogP contribution < -0.4 is 0 Å². The largest absolute Gasteiger partial charge is 0.481 e. The van der Waals surface area contributed by atoms with Crippen molar-refractivity contribution in [1.82, 2.24) is 0 Å². The molecule has 2 aromatic carbocycles. The van der Waals surface area contributed by atoms with Gasteiger partial charge in [0, 0.05) is 6.42 Å². The van der Waals surface area contributed by atoms with Crippen LogP contribution in [-0.4, -0.2) is 22.0 Å². The Morgan fingerprint density at radius 1 is 0.917 bits per heavy atom. The minimum absolute atomic E-state index is 0.0749. The van der Waals surface area contributed by atoms with E-state index in [1.54, 1.807) is 24.3 Å². The van der Waals surface area contributed by atoms with Crippen molar-refractivity contribution in [2.75, 3.05) is 0 Å². The van der Waals surface area contributed by atoms with Gasteiger partial charge in [-0.3, -0.25) is 4.79 Å². The monoisotopic (exact) mass is 337 g/mol. The predicted octanol–water partition coefficient (Wildman–Crippen LogP) is 4.42. The molecule has 126 valence electrons. The zero-order chi connectivity index (χ0) is 17.7. The van der Waals surface area contributed by atoms with Crippen LogP contribution in [0.15, 0.2) is 53.7 Å². The highest BCUT2D eigenvalue weighted by Crippen LogP contribution is 2.31. The van der Waals surface area contributed by atoms with E-state index in [4.69, 9.17) is 10.3 Å². The molecule has 7 heteroatoms. The zero-order valence-corrected chi connectivity index (χ0v) is 12.4. The number of carboxylic acids is 1. The lowest BCUT2D eigenvalue weighted by Gasteiger charge is -2.09. The van der Waals surface area contributed by atoms with Crippen LogP contribution in [0.3, 0.4) is 0 Å². The van der Waals surface area contributed by atoms with E-state index in [0.717, 1.165) is 12.1 Å². The van der Waals surface area contributed by atoms with E-state index in [1.165, 1.54) is 12.1 Å². The van der Waals surface area contributed by atoms with Crippen LogP contribution in [0.4, 0.5) is 13.2 Å². The molecule has 0 radical (unpaired) electrons. The van der Waals surface area contributed by atoms with Gasteiger partial charge in [-0.2, -0.15) is 13.2 Å². The van der Waals surface area contributed by atoms with Crippen molar-refractivity contribution < 1.29 is 28.3 Å². The normalized spacial score (nSPS) is 12.2. The highest BCUT2D eigenvalue weighted by molar-refractivity contribution is 6.01. The molecule has 0 fully saturated rings. The average Bonchev–Trinajstić information content (AvgIpc) is 2.55. The molecule has 2 rings (SSSR count). The molecule has 0 bridgehead atoms. The molecule has 0 heterocycles. The lowest BCUT2D eigenvalue weighted by Crippen LogP contribution is -2.05. The second-order valence-electron chi connectivity index (χ2n) is 5.09. The van der Waals surface area contributed by atoms with Crippen molar-refractivity contribution >= 4 is 11.7 Å². The van der Waals surface area contributed by atoms with Crippen molar-refractivity contribution in [3.05, 3.63) is 59.7 Å².